The van der Waals surface area contributed by atoms with E-state index in [0.717, 1.165) is 35.8 Å². The van der Waals surface area contributed by atoms with Crippen LogP contribution in [0.4, 0.5) is 5.69 Å². The summed E-state index contributed by atoms with van der Waals surface area (Å²) in [6.07, 6.45) is 7.95. The van der Waals surface area contributed by atoms with Crippen molar-refractivity contribution in [2.75, 3.05) is 18.1 Å². The largest absolute Gasteiger partial charge is 0.496 e. The number of pyridine rings is 1. The number of nitrogens with one attached hydrogen (secondary N) is 2. The second-order valence-electron chi connectivity index (χ2n) is 8.00. The number of benzene rings is 2. The van der Waals surface area contributed by atoms with Gasteiger partial charge in [0.05, 0.1) is 23.3 Å². The van der Waals surface area contributed by atoms with E-state index in [-0.39, 0.29) is 5.56 Å². The molecule has 2 N–H and O–H groups in total. The third-order valence-corrected chi connectivity index (χ3v) is 6.75. The molecule has 3 aromatic rings. The highest BCUT2D eigenvalue weighted by molar-refractivity contribution is 7.92. The van der Waals surface area contributed by atoms with Gasteiger partial charge in [0.15, 0.2) is 0 Å². The van der Waals surface area contributed by atoms with Crippen molar-refractivity contribution in [2.24, 2.45) is 0 Å². The first kappa shape index (κ1) is 23.4. The van der Waals surface area contributed by atoms with Gasteiger partial charge in [0.1, 0.15) is 5.75 Å². The van der Waals surface area contributed by atoms with Crippen LogP contribution in [0.2, 0.25) is 5.02 Å². The van der Waals surface area contributed by atoms with E-state index in [0.29, 0.717) is 27.6 Å². The molecule has 0 radical (unpaired) electrons. The first-order valence-electron chi connectivity index (χ1n) is 10.1. The second kappa shape index (κ2) is 8.89. The monoisotopic (exact) mass is 504 g/mol. The number of ether oxygens (including phenoxy) is 1. The standard InChI is InChI=1S/C24H22Cl2N2O4S/c1-32-22-16(6-3-15-4-7-19(8-5-15)28-33(2,30)31)11-17(12-21(22)24(26)9-10-24)20-13-18(25)14-27-23(20)29/h3-8,11-14,28H,9-10H2,1-2H3,(H,27,29). The van der Waals surface area contributed by atoms with Crippen LogP contribution in [0.3, 0.4) is 0 Å². The van der Waals surface area contributed by atoms with Gasteiger partial charge in [-0.25, -0.2) is 8.42 Å². The highest BCUT2D eigenvalue weighted by atomic mass is 35.5. The number of alkyl halides is 1. The van der Waals surface area contributed by atoms with E-state index in [1.807, 2.05) is 24.3 Å². The zero-order valence-electron chi connectivity index (χ0n) is 18.0. The van der Waals surface area contributed by atoms with Crippen LogP contribution in [0, 0.1) is 0 Å². The van der Waals surface area contributed by atoms with E-state index < -0.39 is 14.9 Å². The summed E-state index contributed by atoms with van der Waals surface area (Å²) in [7, 11) is -1.75. The minimum absolute atomic E-state index is 0.251. The molecule has 4 rings (SSSR count). The average molecular weight is 505 g/mol. The number of rotatable bonds is 7. The van der Waals surface area contributed by atoms with Crippen LogP contribution < -0.4 is 15.0 Å². The van der Waals surface area contributed by atoms with Gasteiger partial charge in [0.25, 0.3) is 5.56 Å². The van der Waals surface area contributed by atoms with Crippen LogP contribution in [0.25, 0.3) is 23.3 Å². The van der Waals surface area contributed by atoms with Crippen molar-refractivity contribution in [3.8, 4) is 16.9 Å². The Balaban J connectivity index is 1.77. The summed E-state index contributed by atoms with van der Waals surface area (Å²) >= 11 is 12.9. The van der Waals surface area contributed by atoms with Crippen molar-refractivity contribution in [1.82, 2.24) is 4.98 Å². The van der Waals surface area contributed by atoms with Crippen LogP contribution in [0.5, 0.6) is 5.75 Å². The highest BCUT2D eigenvalue weighted by Gasteiger charge is 2.45. The fourth-order valence-electron chi connectivity index (χ4n) is 3.60. The molecule has 0 saturated heterocycles. The number of anilines is 1. The van der Waals surface area contributed by atoms with Crippen LogP contribution in [-0.4, -0.2) is 26.8 Å². The maximum atomic E-state index is 12.5. The van der Waals surface area contributed by atoms with E-state index >= 15 is 0 Å². The lowest BCUT2D eigenvalue weighted by molar-refractivity contribution is 0.407. The van der Waals surface area contributed by atoms with Crippen LogP contribution in [0.1, 0.15) is 29.5 Å². The fourth-order valence-corrected chi connectivity index (χ4v) is 4.57. The first-order valence-corrected chi connectivity index (χ1v) is 12.8. The molecule has 172 valence electrons. The summed E-state index contributed by atoms with van der Waals surface area (Å²) in [4.78, 5) is 14.6. The third kappa shape index (κ3) is 5.43. The SMILES string of the molecule is COc1c(C=Cc2ccc(NS(C)(=O)=O)cc2)cc(-c2cc(Cl)c[nH]c2=O)cc1C1(Cl)CC1. The molecule has 0 unspecified atom stereocenters. The summed E-state index contributed by atoms with van der Waals surface area (Å²) in [5.74, 6) is 0.649. The Kier molecular flexibility index (Phi) is 6.31. The molecule has 1 fully saturated rings. The molecule has 1 aliphatic carbocycles. The van der Waals surface area contributed by atoms with Crippen molar-refractivity contribution in [3.05, 3.63) is 80.7 Å². The Bertz CT molecular complexity index is 1390. The Morgan fingerprint density at radius 1 is 1.12 bits per heavy atom. The van der Waals surface area contributed by atoms with Crippen LogP contribution in [0.15, 0.2) is 53.5 Å². The molecule has 1 saturated carbocycles. The van der Waals surface area contributed by atoms with Gasteiger partial charge in [-0.1, -0.05) is 35.9 Å². The number of aromatic amines is 1. The maximum Gasteiger partial charge on any atom is 0.255 e. The van der Waals surface area contributed by atoms with Gasteiger partial charge in [-0.05, 0) is 54.3 Å². The quantitative estimate of drug-likeness (QED) is 0.329. The molecular formula is C24H22Cl2N2O4S. The molecule has 1 aliphatic rings. The van der Waals surface area contributed by atoms with E-state index in [1.54, 1.807) is 37.4 Å². The van der Waals surface area contributed by atoms with E-state index in [9.17, 15) is 13.2 Å². The lowest BCUT2D eigenvalue weighted by Gasteiger charge is -2.17. The van der Waals surface area contributed by atoms with Gasteiger partial charge in [-0.3, -0.25) is 9.52 Å². The number of hydrogen-bond donors (Lipinski definition) is 2. The fraction of sp³-hybridized carbons (Fsp3) is 0.208. The number of aromatic nitrogens is 1. The third-order valence-electron chi connectivity index (χ3n) is 5.34. The molecule has 2 aromatic carbocycles. The van der Waals surface area contributed by atoms with Crippen LogP contribution in [-0.2, 0) is 14.9 Å². The predicted octanol–water partition coefficient (Wildman–Crippen LogP) is 5.47. The minimum Gasteiger partial charge on any atom is -0.496 e. The molecule has 0 atom stereocenters. The first-order chi connectivity index (χ1) is 15.6. The summed E-state index contributed by atoms with van der Waals surface area (Å²) < 4.78 is 31.0. The van der Waals surface area contributed by atoms with Crippen molar-refractivity contribution in [1.29, 1.82) is 0 Å². The van der Waals surface area contributed by atoms with Gasteiger partial charge >= 0.3 is 0 Å². The minimum atomic E-state index is -3.34. The summed E-state index contributed by atoms with van der Waals surface area (Å²) in [6.45, 7) is 0. The Labute approximate surface area is 202 Å². The molecule has 33 heavy (non-hydrogen) atoms. The number of sulfonamides is 1. The second-order valence-corrected chi connectivity index (χ2v) is 10.9. The molecule has 1 aromatic heterocycles. The zero-order chi connectivity index (χ0) is 23.8. The predicted molar refractivity (Wildman–Crippen MR) is 135 cm³/mol. The topological polar surface area (TPSA) is 88.3 Å². The smallest absolute Gasteiger partial charge is 0.255 e. The average Bonchev–Trinajstić information content (AvgIpc) is 3.51. The molecule has 1 heterocycles. The van der Waals surface area contributed by atoms with Crippen molar-refractivity contribution in [2.45, 2.75) is 17.7 Å². The van der Waals surface area contributed by atoms with Crippen molar-refractivity contribution >= 4 is 51.1 Å². The normalized spacial score (nSPS) is 14.9. The van der Waals surface area contributed by atoms with Crippen molar-refractivity contribution in [3.63, 3.8) is 0 Å². The zero-order valence-corrected chi connectivity index (χ0v) is 20.3. The Hall–Kier alpha value is -2.74. The number of methoxy groups -OCH3 is 1. The van der Waals surface area contributed by atoms with E-state index in [4.69, 9.17) is 27.9 Å². The van der Waals surface area contributed by atoms with E-state index in [1.165, 1.54) is 6.20 Å². The number of halogens is 2. The summed E-state index contributed by atoms with van der Waals surface area (Å²) in [5, 5.41) is 0.425. The van der Waals surface area contributed by atoms with Crippen molar-refractivity contribution < 1.29 is 13.2 Å². The molecular weight excluding hydrogens is 483 g/mol. The summed E-state index contributed by atoms with van der Waals surface area (Å²) in [6, 6.07) is 12.3. The molecule has 6 nitrogen and oxygen atoms in total. The molecule has 0 bridgehead atoms. The van der Waals surface area contributed by atoms with Crippen LogP contribution >= 0.6 is 23.2 Å². The van der Waals surface area contributed by atoms with Gasteiger partial charge in [-0.15, -0.1) is 11.6 Å². The van der Waals surface area contributed by atoms with Gasteiger partial charge in [0, 0.05) is 28.6 Å². The maximum absolute atomic E-state index is 12.5. The highest BCUT2D eigenvalue weighted by Crippen LogP contribution is 2.56. The molecule has 0 amide bonds. The Morgan fingerprint density at radius 2 is 1.82 bits per heavy atom. The number of H-pyrrole nitrogens is 1. The summed E-state index contributed by atoms with van der Waals surface area (Å²) in [5.41, 5.74) is 3.81. The molecule has 9 heteroatoms. The van der Waals surface area contributed by atoms with Gasteiger partial charge in [-0.2, -0.15) is 0 Å². The van der Waals surface area contributed by atoms with Gasteiger partial charge in [0.2, 0.25) is 10.0 Å². The Morgan fingerprint density at radius 3 is 2.42 bits per heavy atom. The van der Waals surface area contributed by atoms with Gasteiger partial charge < -0.3 is 9.72 Å². The lowest BCUT2D eigenvalue weighted by atomic mass is 9.96. The molecule has 0 spiro atoms. The lowest BCUT2D eigenvalue weighted by Crippen LogP contribution is -2.09. The molecule has 0 aliphatic heterocycles. The van der Waals surface area contributed by atoms with E-state index in [2.05, 4.69) is 9.71 Å². The number of hydrogen-bond acceptors (Lipinski definition) is 4.